The van der Waals surface area contributed by atoms with Crippen LogP contribution in [0.5, 0.6) is 0 Å². The molecule has 7 heteroatoms. The number of hydrogen-bond acceptors (Lipinski definition) is 3. The first-order valence-corrected chi connectivity index (χ1v) is 6.93. The summed E-state index contributed by atoms with van der Waals surface area (Å²) in [5.41, 5.74) is 2.18. The predicted octanol–water partition coefficient (Wildman–Crippen LogP) is 0.218. The van der Waals surface area contributed by atoms with E-state index in [2.05, 4.69) is 10.3 Å². The van der Waals surface area contributed by atoms with Gasteiger partial charge in [-0.1, -0.05) is 41.4 Å². The molecular formula is C15H11Cl2KN2O2. The van der Waals surface area contributed by atoms with E-state index in [0.717, 1.165) is 0 Å². The van der Waals surface area contributed by atoms with Crippen molar-refractivity contribution in [2.75, 3.05) is 5.32 Å². The molecule has 108 valence electrons. The van der Waals surface area contributed by atoms with E-state index < -0.39 is 12.1 Å². The van der Waals surface area contributed by atoms with Crippen LogP contribution in [-0.2, 0) is 4.79 Å². The molecule has 1 aliphatic rings. The third-order valence-electron chi connectivity index (χ3n) is 3.11. The molecule has 2 aromatic carbocycles. The van der Waals surface area contributed by atoms with Gasteiger partial charge < -0.3 is 11.8 Å². The number of amides is 1. The normalized spacial score (nSPS) is 16.8. The fourth-order valence-corrected chi connectivity index (χ4v) is 2.53. The van der Waals surface area contributed by atoms with Crippen LogP contribution in [0.25, 0.3) is 0 Å². The number of aliphatic hydroxyl groups excluding tert-OH is 1. The molecule has 1 atom stereocenters. The van der Waals surface area contributed by atoms with Gasteiger partial charge >= 0.3 is 51.4 Å². The van der Waals surface area contributed by atoms with Gasteiger partial charge in [0.2, 0.25) is 6.23 Å². The number of nitrogens with zero attached hydrogens (tertiary/aromatic N) is 1. The average Bonchev–Trinajstić information content (AvgIpc) is 2.58. The maximum absolute atomic E-state index is 11.8. The molecule has 0 radical (unpaired) electrons. The van der Waals surface area contributed by atoms with Crippen LogP contribution >= 0.6 is 23.2 Å². The van der Waals surface area contributed by atoms with E-state index >= 15 is 0 Å². The Kier molecular flexibility index (Phi) is 6.21. The number of nitrogens with one attached hydrogen (secondary N) is 1. The van der Waals surface area contributed by atoms with Crippen LogP contribution in [0.15, 0.2) is 47.5 Å². The van der Waals surface area contributed by atoms with Gasteiger partial charge in [-0.15, -0.1) is 0 Å². The molecule has 22 heavy (non-hydrogen) atoms. The van der Waals surface area contributed by atoms with Crippen LogP contribution < -0.4 is 56.7 Å². The van der Waals surface area contributed by atoms with Crippen molar-refractivity contribution in [1.29, 1.82) is 0 Å². The molecule has 1 amide bonds. The molecule has 0 aromatic heterocycles. The Balaban J connectivity index is 0.00000132. The zero-order valence-corrected chi connectivity index (χ0v) is 16.3. The molecule has 0 saturated carbocycles. The Morgan fingerprint density at radius 2 is 1.86 bits per heavy atom. The summed E-state index contributed by atoms with van der Waals surface area (Å²) >= 11 is 12.2. The van der Waals surface area contributed by atoms with Gasteiger partial charge in [-0.3, -0.25) is 4.79 Å². The zero-order valence-electron chi connectivity index (χ0n) is 12.7. The number of anilines is 1. The number of benzodiazepines with no additional fused rings is 1. The molecular weight excluding hydrogens is 350 g/mol. The van der Waals surface area contributed by atoms with Gasteiger partial charge in [0.15, 0.2) is 0 Å². The molecule has 0 spiro atoms. The van der Waals surface area contributed by atoms with Gasteiger partial charge in [0.25, 0.3) is 5.91 Å². The number of aliphatic imine (C=N–C) groups is 1. The van der Waals surface area contributed by atoms with E-state index in [-0.39, 0.29) is 52.8 Å². The molecule has 3 rings (SSSR count). The van der Waals surface area contributed by atoms with Crippen LogP contribution in [0, 0.1) is 0 Å². The predicted molar refractivity (Wildman–Crippen MR) is 84.3 cm³/mol. The molecule has 2 aromatic rings. The smallest absolute Gasteiger partial charge is 1.00 e. The van der Waals surface area contributed by atoms with Crippen molar-refractivity contribution in [3.8, 4) is 0 Å². The number of carbonyl (C=O) groups excluding carboxylic acids is 1. The number of halogens is 2. The van der Waals surface area contributed by atoms with Gasteiger partial charge in [-0.05, 0) is 24.3 Å². The van der Waals surface area contributed by atoms with Gasteiger partial charge in [0.1, 0.15) is 0 Å². The van der Waals surface area contributed by atoms with Crippen LogP contribution in [0.4, 0.5) is 5.69 Å². The molecule has 4 nitrogen and oxygen atoms in total. The fourth-order valence-electron chi connectivity index (χ4n) is 2.14. The number of hydrogen-bond donors (Lipinski definition) is 2. The van der Waals surface area contributed by atoms with E-state index in [9.17, 15) is 9.90 Å². The minimum Gasteiger partial charge on any atom is -1.00 e. The zero-order chi connectivity index (χ0) is 15.0. The Bertz CT molecular complexity index is 771. The summed E-state index contributed by atoms with van der Waals surface area (Å²) in [6, 6.07) is 12.1. The Labute approximate surface area is 181 Å². The van der Waals surface area contributed by atoms with Gasteiger partial charge in [-0.2, -0.15) is 0 Å². The number of benzene rings is 2. The first-order chi connectivity index (χ1) is 10.1. The molecule has 0 saturated heterocycles. The Hall–Kier alpha value is -0.244. The SMILES string of the molecule is O=C1Nc2ccc(Cl)cc2C(c2ccccc2Cl)=NC1O.[H-].[K+]. The van der Waals surface area contributed by atoms with E-state index in [1.807, 2.05) is 0 Å². The van der Waals surface area contributed by atoms with E-state index in [1.165, 1.54) is 0 Å². The number of rotatable bonds is 1. The van der Waals surface area contributed by atoms with Crippen LogP contribution in [0.3, 0.4) is 0 Å². The van der Waals surface area contributed by atoms with E-state index in [0.29, 0.717) is 32.6 Å². The van der Waals surface area contributed by atoms with E-state index in [1.54, 1.807) is 42.5 Å². The largest absolute Gasteiger partial charge is 1.00 e. The van der Waals surface area contributed by atoms with Crippen LogP contribution in [0.2, 0.25) is 10.0 Å². The van der Waals surface area contributed by atoms with Crippen LogP contribution in [0.1, 0.15) is 12.6 Å². The first-order valence-electron chi connectivity index (χ1n) is 6.18. The summed E-state index contributed by atoms with van der Waals surface area (Å²) in [5.74, 6) is -0.597. The summed E-state index contributed by atoms with van der Waals surface area (Å²) in [5, 5.41) is 13.4. The second-order valence-electron chi connectivity index (χ2n) is 4.51. The number of aliphatic hydroxyl groups is 1. The fraction of sp³-hybridized carbons (Fsp3) is 0.0667. The maximum Gasteiger partial charge on any atom is 1.00 e. The van der Waals surface area contributed by atoms with Gasteiger partial charge in [0.05, 0.1) is 11.4 Å². The quantitative estimate of drug-likeness (QED) is 0.714. The topological polar surface area (TPSA) is 61.7 Å². The van der Waals surface area contributed by atoms with Crippen molar-refractivity contribution in [1.82, 2.24) is 0 Å². The summed E-state index contributed by atoms with van der Waals surface area (Å²) < 4.78 is 0. The Morgan fingerprint density at radius 1 is 1.14 bits per heavy atom. The monoisotopic (exact) mass is 360 g/mol. The van der Waals surface area contributed by atoms with Crippen molar-refractivity contribution < 1.29 is 62.7 Å². The van der Waals surface area contributed by atoms with Crippen LogP contribution in [-0.4, -0.2) is 23.0 Å². The van der Waals surface area contributed by atoms with Gasteiger partial charge in [0, 0.05) is 21.2 Å². The molecule has 0 aliphatic carbocycles. The minimum atomic E-state index is -1.50. The third-order valence-corrected chi connectivity index (χ3v) is 3.67. The summed E-state index contributed by atoms with van der Waals surface area (Å²) in [4.78, 5) is 15.9. The molecule has 2 N–H and O–H groups in total. The summed E-state index contributed by atoms with van der Waals surface area (Å²) in [6.45, 7) is 0. The van der Waals surface area contributed by atoms with Crippen molar-refractivity contribution in [3.05, 3.63) is 63.6 Å². The molecule has 1 unspecified atom stereocenters. The summed E-state index contributed by atoms with van der Waals surface area (Å²) in [6.07, 6.45) is -1.50. The van der Waals surface area contributed by atoms with Crippen molar-refractivity contribution >= 4 is 40.5 Å². The molecule has 0 fully saturated rings. The van der Waals surface area contributed by atoms with E-state index in [4.69, 9.17) is 23.2 Å². The number of fused-ring (bicyclic) bond motifs is 1. The molecule has 1 heterocycles. The first kappa shape index (κ1) is 18.1. The second-order valence-corrected chi connectivity index (χ2v) is 5.35. The standard InChI is InChI=1S/C15H10Cl2N2O2.K.H/c16-8-5-6-12-10(7-8)13(19-15(21)14(20)18-12)9-3-1-2-4-11(9)17;;/h1-7,15,21H,(H,18,20);;/q;+1;-1. The van der Waals surface area contributed by atoms with Crippen molar-refractivity contribution in [3.63, 3.8) is 0 Å². The molecule has 1 aliphatic heterocycles. The van der Waals surface area contributed by atoms with Crippen molar-refractivity contribution in [2.24, 2.45) is 4.99 Å². The Morgan fingerprint density at radius 3 is 2.59 bits per heavy atom. The average molecular weight is 361 g/mol. The number of carbonyl (C=O) groups is 1. The molecule has 0 bridgehead atoms. The minimum absolute atomic E-state index is 0. The second kappa shape index (κ2) is 7.55. The third kappa shape index (κ3) is 3.63. The maximum atomic E-state index is 11.8. The van der Waals surface area contributed by atoms with Gasteiger partial charge in [-0.25, -0.2) is 4.99 Å². The van der Waals surface area contributed by atoms with Crippen molar-refractivity contribution in [2.45, 2.75) is 6.23 Å². The summed E-state index contributed by atoms with van der Waals surface area (Å²) in [7, 11) is 0.